The van der Waals surface area contributed by atoms with Crippen molar-refractivity contribution in [2.45, 2.75) is 44.7 Å². The molecule has 2 N–H and O–H groups in total. The van der Waals surface area contributed by atoms with Crippen molar-refractivity contribution in [2.75, 3.05) is 11.9 Å². The van der Waals surface area contributed by atoms with Gasteiger partial charge < -0.3 is 15.3 Å². The number of carbonyl (C=O) groups is 3. The maximum Gasteiger partial charge on any atom is 0.331 e. The molecule has 1 fully saturated rings. The lowest BCUT2D eigenvalue weighted by atomic mass is 10.0. The van der Waals surface area contributed by atoms with Crippen LogP contribution in [0.3, 0.4) is 0 Å². The third-order valence-electron chi connectivity index (χ3n) is 4.98. The smallest absolute Gasteiger partial charge is 0.331 e. The predicted molar refractivity (Wildman–Crippen MR) is 103 cm³/mol. The van der Waals surface area contributed by atoms with E-state index in [9.17, 15) is 19.5 Å². The SMILES string of the molecule is CC(C)(C(=O)O)n1cc(NC(=O)C(c2ccccc2)N2CCCCC2=O)cn1. The molecule has 2 amide bonds. The van der Waals surface area contributed by atoms with Gasteiger partial charge in [-0.2, -0.15) is 5.10 Å². The molecule has 2 heterocycles. The average Bonchev–Trinajstić information content (AvgIpc) is 3.13. The molecule has 1 aromatic carbocycles. The highest BCUT2D eigenvalue weighted by molar-refractivity contribution is 5.97. The summed E-state index contributed by atoms with van der Waals surface area (Å²) in [7, 11) is 0. The first-order chi connectivity index (χ1) is 13.3. The van der Waals surface area contributed by atoms with Crippen LogP contribution >= 0.6 is 0 Å². The van der Waals surface area contributed by atoms with Crippen LogP contribution in [-0.2, 0) is 19.9 Å². The van der Waals surface area contributed by atoms with E-state index in [-0.39, 0.29) is 11.8 Å². The first kappa shape index (κ1) is 19.6. The van der Waals surface area contributed by atoms with E-state index in [4.69, 9.17) is 0 Å². The van der Waals surface area contributed by atoms with Gasteiger partial charge in [0.2, 0.25) is 5.91 Å². The van der Waals surface area contributed by atoms with Crippen molar-refractivity contribution in [3.63, 3.8) is 0 Å². The Hall–Kier alpha value is -3.16. The number of hydrogen-bond acceptors (Lipinski definition) is 4. The fraction of sp³-hybridized carbons (Fsp3) is 0.400. The number of nitrogens with zero attached hydrogens (tertiary/aromatic N) is 3. The molecule has 1 unspecified atom stereocenters. The normalized spacial score (nSPS) is 15.9. The molecule has 1 aliphatic heterocycles. The summed E-state index contributed by atoms with van der Waals surface area (Å²) in [5, 5.41) is 16.2. The third kappa shape index (κ3) is 3.90. The zero-order valence-electron chi connectivity index (χ0n) is 16.0. The van der Waals surface area contributed by atoms with E-state index in [0.717, 1.165) is 18.4 Å². The lowest BCUT2D eigenvalue weighted by molar-refractivity contribution is -0.146. The molecular weight excluding hydrogens is 360 g/mol. The molecule has 0 aliphatic carbocycles. The van der Waals surface area contributed by atoms with E-state index in [1.807, 2.05) is 30.3 Å². The van der Waals surface area contributed by atoms with Gasteiger partial charge in [-0.3, -0.25) is 14.3 Å². The molecule has 1 aromatic heterocycles. The number of carbonyl (C=O) groups excluding carboxylic acids is 2. The van der Waals surface area contributed by atoms with Gasteiger partial charge in [-0.15, -0.1) is 0 Å². The van der Waals surface area contributed by atoms with Gasteiger partial charge in [-0.1, -0.05) is 30.3 Å². The molecule has 0 radical (unpaired) electrons. The number of anilines is 1. The summed E-state index contributed by atoms with van der Waals surface area (Å²) in [6.45, 7) is 3.57. The van der Waals surface area contributed by atoms with Gasteiger partial charge in [0.05, 0.1) is 11.9 Å². The maximum absolute atomic E-state index is 13.1. The second-order valence-electron chi connectivity index (χ2n) is 7.38. The van der Waals surface area contributed by atoms with E-state index in [0.29, 0.717) is 18.7 Å². The number of aliphatic carboxylic acids is 1. The molecule has 0 spiro atoms. The molecule has 3 rings (SSSR count). The molecule has 0 bridgehead atoms. The van der Waals surface area contributed by atoms with Crippen LogP contribution in [0.25, 0.3) is 0 Å². The highest BCUT2D eigenvalue weighted by Crippen LogP contribution is 2.27. The minimum absolute atomic E-state index is 0.0436. The minimum atomic E-state index is -1.25. The zero-order valence-corrected chi connectivity index (χ0v) is 16.0. The van der Waals surface area contributed by atoms with E-state index in [1.54, 1.807) is 4.90 Å². The van der Waals surface area contributed by atoms with Crippen molar-refractivity contribution in [1.82, 2.24) is 14.7 Å². The van der Waals surface area contributed by atoms with Crippen LogP contribution in [0.1, 0.15) is 44.7 Å². The Morgan fingerprint density at radius 3 is 2.57 bits per heavy atom. The number of likely N-dealkylation sites (tertiary alicyclic amines) is 1. The molecule has 28 heavy (non-hydrogen) atoms. The Kier molecular flexibility index (Phi) is 5.48. The van der Waals surface area contributed by atoms with E-state index in [1.165, 1.54) is 30.9 Å². The molecule has 8 heteroatoms. The van der Waals surface area contributed by atoms with Gasteiger partial charge in [0.15, 0.2) is 5.54 Å². The highest BCUT2D eigenvalue weighted by Gasteiger charge is 2.34. The Bertz CT molecular complexity index is 875. The van der Waals surface area contributed by atoms with Crippen molar-refractivity contribution >= 4 is 23.5 Å². The number of amides is 2. The van der Waals surface area contributed by atoms with Gasteiger partial charge >= 0.3 is 5.97 Å². The molecule has 8 nitrogen and oxygen atoms in total. The number of benzene rings is 1. The largest absolute Gasteiger partial charge is 0.479 e. The maximum atomic E-state index is 13.1. The van der Waals surface area contributed by atoms with Gasteiger partial charge in [-0.05, 0) is 32.3 Å². The van der Waals surface area contributed by atoms with Crippen LogP contribution in [0, 0.1) is 0 Å². The number of rotatable bonds is 6. The van der Waals surface area contributed by atoms with Crippen molar-refractivity contribution in [2.24, 2.45) is 0 Å². The topological polar surface area (TPSA) is 105 Å². The van der Waals surface area contributed by atoms with Crippen LogP contribution < -0.4 is 5.32 Å². The second-order valence-corrected chi connectivity index (χ2v) is 7.38. The van der Waals surface area contributed by atoms with E-state index >= 15 is 0 Å². The van der Waals surface area contributed by atoms with Gasteiger partial charge in [-0.25, -0.2) is 4.79 Å². The van der Waals surface area contributed by atoms with Crippen molar-refractivity contribution in [1.29, 1.82) is 0 Å². The van der Waals surface area contributed by atoms with Crippen LogP contribution in [0.2, 0.25) is 0 Å². The monoisotopic (exact) mass is 384 g/mol. The zero-order chi connectivity index (χ0) is 20.3. The van der Waals surface area contributed by atoms with Gasteiger partial charge in [0, 0.05) is 19.2 Å². The summed E-state index contributed by atoms with van der Waals surface area (Å²) >= 11 is 0. The third-order valence-corrected chi connectivity index (χ3v) is 4.98. The summed E-state index contributed by atoms with van der Waals surface area (Å²) < 4.78 is 1.29. The summed E-state index contributed by atoms with van der Waals surface area (Å²) in [5.74, 6) is -1.43. The standard InChI is InChI=1S/C20H24N4O4/c1-20(2,19(27)28)24-13-15(12-21-24)22-18(26)17(14-8-4-3-5-9-14)23-11-7-6-10-16(23)25/h3-5,8-9,12-13,17H,6-7,10-11H2,1-2H3,(H,22,26)(H,27,28). The molecular formula is C20H24N4O4. The molecule has 1 aliphatic rings. The Labute approximate surface area is 163 Å². The summed E-state index contributed by atoms with van der Waals surface area (Å²) in [6, 6.07) is 8.42. The first-order valence-electron chi connectivity index (χ1n) is 9.24. The lowest BCUT2D eigenvalue weighted by Gasteiger charge is -2.34. The number of aromatic nitrogens is 2. The number of piperidine rings is 1. The average molecular weight is 384 g/mol. The van der Waals surface area contributed by atoms with E-state index < -0.39 is 17.6 Å². The Morgan fingerprint density at radius 1 is 1.21 bits per heavy atom. The minimum Gasteiger partial charge on any atom is -0.479 e. The number of hydrogen-bond donors (Lipinski definition) is 2. The number of carboxylic acids is 1. The van der Waals surface area contributed by atoms with Gasteiger partial charge in [0.1, 0.15) is 6.04 Å². The summed E-state index contributed by atoms with van der Waals surface area (Å²) in [5.41, 5.74) is -0.136. The highest BCUT2D eigenvalue weighted by atomic mass is 16.4. The fourth-order valence-corrected chi connectivity index (χ4v) is 3.21. The van der Waals surface area contributed by atoms with Crippen molar-refractivity contribution in [3.05, 3.63) is 48.3 Å². The van der Waals surface area contributed by atoms with E-state index in [2.05, 4.69) is 10.4 Å². The summed E-state index contributed by atoms with van der Waals surface area (Å²) in [4.78, 5) is 38.5. The number of nitrogens with one attached hydrogen (secondary N) is 1. The first-order valence-corrected chi connectivity index (χ1v) is 9.24. The van der Waals surface area contributed by atoms with Crippen LogP contribution in [0.5, 0.6) is 0 Å². The van der Waals surface area contributed by atoms with Crippen LogP contribution in [0.4, 0.5) is 5.69 Å². The summed E-state index contributed by atoms with van der Waals surface area (Å²) in [6.07, 6.45) is 5.00. The molecule has 0 saturated carbocycles. The van der Waals surface area contributed by atoms with Crippen LogP contribution in [0.15, 0.2) is 42.7 Å². The second kappa shape index (κ2) is 7.84. The molecule has 1 atom stereocenters. The van der Waals surface area contributed by atoms with Crippen molar-refractivity contribution in [3.8, 4) is 0 Å². The fourth-order valence-electron chi connectivity index (χ4n) is 3.21. The molecule has 148 valence electrons. The van der Waals surface area contributed by atoms with Gasteiger partial charge in [0.25, 0.3) is 5.91 Å². The Balaban J connectivity index is 1.85. The number of carboxylic acid groups (broad SMARTS) is 1. The molecule has 1 saturated heterocycles. The quantitative estimate of drug-likeness (QED) is 0.796. The predicted octanol–water partition coefficient (Wildman–Crippen LogP) is 2.40. The van der Waals surface area contributed by atoms with Crippen molar-refractivity contribution < 1.29 is 19.5 Å². The lowest BCUT2D eigenvalue weighted by Crippen LogP contribution is -2.43. The Morgan fingerprint density at radius 2 is 1.93 bits per heavy atom. The molecule has 2 aromatic rings. The van der Waals surface area contributed by atoms with Crippen LogP contribution in [-0.4, -0.2) is 44.1 Å².